The molecule has 4 rings (SSSR count). The third-order valence-corrected chi connectivity index (χ3v) is 10.9. The van der Waals surface area contributed by atoms with E-state index in [0.29, 0.717) is 29.5 Å². The first-order valence-electron chi connectivity index (χ1n) is 13.0. The zero-order valence-electron chi connectivity index (χ0n) is 21.2. The number of rotatable bonds is 4. The van der Waals surface area contributed by atoms with Crippen LogP contribution < -0.4 is 0 Å². The number of carbonyl (C=O) groups excluding carboxylic acids is 1. The molecule has 31 heavy (non-hydrogen) atoms. The number of Topliss-reactive ketones (excluding diaryl/α,β-unsaturated/α-hetero) is 1. The maximum Gasteiger partial charge on any atom is 0.142 e. The summed E-state index contributed by atoms with van der Waals surface area (Å²) < 4.78 is 0. The first kappa shape index (κ1) is 23.3. The van der Waals surface area contributed by atoms with E-state index in [2.05, 4.69) is 60.6 Å². The van der Waals surface area contributed by atoms with E-state index in [0.717, 1.165) is 44.9 Å². The van der Waals surface area contributed by atoms with Crippen molar-refractivity contribution < 1.29 is 9.90 Å². The summed E-state index contributed by atoms with van der Waals surface area (Å²) in [5, 5.41) is 12.1. The second-order valence-electron chi connectivity index (χ2n) is 12.9. The number of allylic oxidation sites excluding steroid dienone is 4. The van der Waals surface area contributed by atoms with Crippen molar-refractivity contribution in [1.82, 2.24) is 0 Å². The standard InChI is InChI=1S/C29H46O2/c1-19(2)9-8-10-20(3)29(31)18-14-23-21-11-12-24-26(4,5)25(30)15-16-27(24,6)22(21)13-17-28(23,29)7/h9,12,20-23,31H,8,10-11,13-18H2,1-7H3/t20-,21-,22+,23+,27-,28+,29+/m1/s1. The van der Waals surface area contributed by atoms with E-state index >= 15 is 0 Å². The normalized spacial score (nSPS) is 44.6. The molecular formula is C29H46O2. The Morgan fingerprint density at radius 3 is 2.48 bits per heavy atom. The second-order valence-corrected chi connectivity index (χ2v) is 12.9. The highest BCUT2D eigenvalue weighted by Gasteiger charge is 2.65. The zero-order chi connectivity index (χ0) is 22.8. The van der Waals surface area contributed by atoms with Gasteiger partial charge < -0.3 is 5.11 Å². The minimum atomic E-state index is -0.537. The number of ketones is 1. The third kappa shape index (κ3) is 3.25. The molecule has 2 nitrogen and oxygen atoms in total. The first-order valence-corrected chi connectivity index (χ1v) is 13.0. The van der Waals surface area contributed by atoms with Gasteiger partial charge in [-0.15, -0.1) is 0 Å². The number of aliphatic hydroxyl groups is 1. The van der Waals surface area contributed by atoms with Crippen LogP contribution in [0.25, 0.3) is 0 Å². The van der Waals surface area contributed by atoms with Gasteiger partial charge in [0.05, 0.1) is 5.60 Å². The van der Waals surface area contributed by atoms with Gasteiger partial charge in [-0.1, -0.05) is 44.1 Å². The van der Waals surface area contributed by atoms with Crippen LogP contribution in [0, 0.1) is 39.9 Å². The zero-order valence-corrected chi connectivity index (χ0v) is 21.2. The van der Waals surface area contributed by atoms with E-state index in [9.17, 15) is 9.90 Å². The molecule has 0 unspecified atom stereocenters. The average molecular weight is 427 g/mol. The van der Waals surface area contributed by atoms with Gasteiger partial charge in [-0.05, 0) is 114 Å². The molecule has 7 atom stereocenters. The van der Waals surface area contributed by atoms with Gasteiger partial charge in [0.1, 0.15) is 5.78 Å². The number of hydrogen-bond donors (Lipinski definition) is 1. The van der Waals surface area contributed by atoms with Crippen LogP contribution in [0.2, 0.25) is 0 Å². The Kier molecular flexibility index (Phi) is 5.69. The fourth-order valence-corrected chi connectivity index (χ4v) is 8.94. The highest BCUT2D eigenvalue weighted by Crippen LogP contribution is 2.69. The molecule has 3 saturated carbocycles. The van der Waals surface area contributed by atoms with Gasteiger partial charge >= 0.3 is 0 Å². The van der Waals surface area contributed by atoms with Crippen LogP contribution in [0.5, 0.6) is 0 Å². The molecule has 2 heteroatoms. The molecular weight excluding hydrogens is 380 g/mol. The maximum absolute atomic E-state index is 12.7. The minimum absolute atomic E-state index is 0.0280. The van der Waals surface area contributed by atoms with Crippen molar-refractivity contribution in [1.29, 1.82) is 0 Å². The smallest absolute Gasteiger partial charge is 0.142 e. The number of fused-ring (bicyclic) bond motifs is 5. The molecule has 174 valence electrons. The van der Waals surface area contributed by atoms with Crippen LogP contribution in [0.3, 0.4) is 0 Å². The average Bonchev–Trinajstić information content (AvgIpc) is 2.97. The molecule has 1 N–H and O–H groups in total. The van der Waals surface area contributed by atoms with E-state index in [1.807, 2.05) is 0 Å². The predicted octanol–water partition coefficient (Wildman–Crippen LogP) is 7.27. The predicted molar refractivity (Wildman–Crippen MR) is 129 cm³/mol. The summed E-state index contributed by atoms with van der Waals surface area (Å²) in [5.41, 5.74) is 2.17. The SMILES string of the molecule is CC(C)=CCC[C@@H](C)[C@@]1(O)CC[C@H]2[C@@H]3CC=C4C(C)(C)C(=O)CC[C@]4(C)[C@H]3CC[C@@]21C. The van der Waals surface area contributed by atoms with Gasteiger partial charge in [0, 0.05) is 11.8 Å². The fraction of sp³-hybridized carbons (Fsp3) is 0.828. The quantitative estimate of drug-likeness (QED) is 0.480. The van der Waals surface area contributed by atoms with Crippen molar-refractivity contribution in [3.63, 3.8) is 0 Å². The lowest BCUT2D eigenvalue weighted by Crippen LogP contribution is -2.57. The Morgan fingerprint density at radius 2 is 1.81 bits per heavy atom. The van der Waals surface area contributed by atoms with Crippen molar-refractivity contribution in [2.45, 2.75) is 112 Å². The van der Waals surface area contributed by atoms with Gasteiger partial charge in [-0.2, -0.15) is 0 Å². The van der Waals surface area contributed by atoms with E-state index < -0.39 is 5.60 Å². The Morgan fingerprint density at radius 1 is 1.13 bits per heavy atom. The molecule has 0 heterocycles. The molecule has 0 aromatic rings. The number of hydrogen-bond acceptors (Lipinski definition) is 2. The molecule has 0 aromatic carbocycles. The Labute approximate surface area is 191 Å². The van der Waals surface area contributed by atoms with Crippen LogP contribution in [0.1, 0.15) is 106 Å². The van der Waals surface area contributed by atoms with Crippen LogP contribution in [-0.4, -0.2) is 16.5 Å². The molecule has 0 amide bonds. The summed E-state index contributed by atoms with van der Waals surface area (Å²) in [4.78, 5) is 12.7. The fourth-order valence-electron chi connectivity index (χ4n) is 8.94. The molecule has 4 aliphatic rings. The highest BCUT2D eigenvalue weighted by atomic mass is 16.3. The summed E-state index contributed by atoms with van der Waals surface area (Å²) in [6.45, 7) is 15.8. The van der Waals surface area contributed by atoms with E-state index in [-0.39, 0.29) is 16.2 Å². The lowest BCUT2D eigenvalue weighted by molar-refractivity contribution is -0.152. The Bertz CT molecular complexity index is 800. The first-order chi connectivity index (χ1) is 14.4. The van der Waals surface area contributed by atoms with Gasteiger partial charge in [0.2, 0.25) is 0 Å². The largest absolute Gasteiger partial charge is 0.389 e. The summed E-state index contributed by atoms with van der Waals surface area (Å²) in [6, 6.07) is 0. The topological polar surface area (TPSA) is 37.3 Å². The van der Waals surface area contributed by atoms with Gasteiger partial charge in [0.25, 0.3) is 0 Å². The maximum atomic E-state index is 12.7. The molecule has 0 spiro atoms. The third-order valence-electron chi connectivity index (χ3n) is 10.9. The van der Waals surface area contributed by atoms with Gasteiger partial charge in [-0.3, -0.25) is 4.79 Å². The number of carbonyl (C=O) groups is 1. The Hall–Kier alpha value is -0.890. The van der Waals surface area contributed by atoms with Crippen LogP contribution >= 0.6 is 0 Å². The highest BCUT2D eigenvalue weighted by molar-refractivity contribution is 5.89. The molecule has 0 saturated heterocycles. The molecule has 0 aliphatic heterocycles. The van der Waals surface area contributed by atoms with Gasteiger partial charge in [-0.25, -0.2) is 0 Å². The lowest BCUT2D eigenvalue weighted by Gasteiger charge is -2.61. The summed E-state index contributed by atoms with van der Waals surface area (Å²) in [6.07, 6.45) is 14.3. The molecule has 0 radical (unpaired) electrons. The van der Waals surface area contributed by atoms with E-state index in [4.69, 9.17) is 0 Å². The van der Waals surface area contributed by atoms with Crippen LogP contribution in [0.15, 0.2) is 23.3 Å². The molecule has 3 fully saturated rings. The summed E-state index contributed by atoms with van der Waals surface area (Å²) in [7, 11) is 0. The van der Waals surface area contributed by atoms with Crippen molar-refractivity contribution in [3.8, 4) is 0 Å². The monoisotopic (exact) mass is 426 g/mol. The Balaban J connectivity index is 1.61. The molecule has 4 aliphatic carbocycles. The second kappa shape index (κ2) is 7.57. The van der Waals surface area contributed by atoms with Crippen molar-refractivity contribution in [2.24, 2.45) is 39.9 Å². The van der Waals surface area contributed by atoms with Crippen LogP contribution in [0.4, 0.5) is 0 Å². The molecule has 0 aromatic heterocycles. The van der Waals surface area contributed by atoms with Crippen molar-refractivity contribution >= 4 is 5.78 Å². The van der Waals surface area contributed by atoms with Crippen molar-refractivity contribution in [3.05, 3.63) is 23.3 Å². The van der Waals surface area contributed by atoms with E-state index in [1.54, 1.807) is 0 Å². The minimum Gasteiger partial charge on any atom is -0.389 e. The van der Waals surface area contributed by atoms with E-state index in [1.165, 1.54) is 24.0 Å². The lowest BCUT2D eigenvalue weighted by atomic mass is 9.44. The summed E-state index contributed by atoms with van der Waals surface area (Å²) in [5.74, 6) is 2.70. The van der Waals surface area contributed by atoms with Gasteiger partial charge in [0.15, 0.2) is 0 Å². The molecule has 0 bridgehead atoms. The van der Waals surface area contributed by atoms with Crippen LogP contribution in [-0.2, 0) is 4.79 Å². The van der Waals surface area contributed by atoms with Crippen molar-refractivity contribution in [2.75, 3.05) is 0 Å². The summed E-state index contributed by atoms with van der Waals surface area (Å²) >= 11 is 0.